The summed E-state index contributed by atoms with van der Waals surface area (Å²) in [6.07, 6.45) is 0. The Hall–Kier alpha value is -1.37. The SMILES string of the molecule is COC(=O)c1sc(-c2ccccc2)cc1S(=O)(=O)Cl. The third kappa shape index (κ3) is 2.97. The molecule has 0 fully saturated rings. The van der Waals surface area contributed by atoms with Gasteiger partial charge in [-0.15, -0.1) is 11.3 Å². The molecule has 100 valence electrons. The number of carbonyl (C=O) groups excluding carboxylic acids is 1. The summed E-state index contributed by atoms with van der Waals surface area (Å²) in [5.74, 6) is -0.716. The van der Waals surface area contributed by atoms with Crippen LogP contribution in [0.1, 0.15) is 9.67 Å². The van der Waals surface area contributed by atoms with Crippen molar-refractivity contribution in [3.05, 3.63) is 41.3 Å². The number of methoxy groups -OCH3 is 1. The predicted octanol–water partition coefficient (Wildman–Crippen LogP) is 3.13. The fourth-order valence-corrected chi connectivity index (χ4v) is 4.11. The van der Waals surface area contributed by atoms with Crippen LogP contribution in [0.5, 0.6) is 0 Å². The zero-order valence-corrected chi connectivity index (χ0v) is 12.2. The number of esters is 1. The minimum Gasteiger partial charge on any atom is -0.465 e. The Morgan fingerprint density at radius 1 is 1.26 bits per heavy atom. The van der Waals surface area contributed by atoms with Crippen molar-refractivity contribution in [2.75, 3.05) is 7.11 Å². The van der Waals surface area contributed by atoms with Crippen molar-refractivity contribution in [3.63, 3.8) is 0 Å². The predicted molar refractivity (Wildman–Crippen MR) is 74.1 cm³/mol. The summed E-state index contributed by atoms with van der Waals surface area (Å²) >= 11 is 1.03. The highest BCUT2D eigenvalue weighted by Crippen LogP contribution is 2.35. The lowest BCUT2D eigenvalue weighted by Crippen LogP contribution is -2.03. The number of halogens is 1. The topological polar surface area (TPSA) is 60.4 Å². The molecule has 2 rings (SSSR count). The average Bonchev–Trinajstić information content (AvgIpc) is 2.84. The monoisotopic (exact) mass is 316 g/mol. The van der Waals surface area contributed by atoms with E-state index in [1.54, 1.807) is 0 Å². The van der Waals surface area contributed by atoms with Crippen LogP contribution in [0.2, 0.25) is 0 Å². The number of carbonyl (C=O) groups is 1. The molecule has 0 bridgehead atoms. The molecule has 0 spiro atoms. The van der Waals surface area contributed by atoms with Gasteiger partial charge in [-0.2, -0.15) is 0 Å². The van der Waals surface area contributed by atoms with E-state index in [1.165, 1.54) is 13.2 Å². The van der Waals surface area contributed by atoms with E-state index in [0.717, 1.165) is 16.9 Å². The first-order valence-corrected chi connectivity index (χ1v) is 8.28. The third-order valence-electron chi connectivity index (χ3n) is 2.39. The highest BCUT2D eigenvalue weighted by atomic mass is 35.7. The van der Waals surface area contributed by atoms with Gasteiger partial charge in [-0.25, -0.2) is 13.2 Å². The van der Waals surface area contributed by atoms with Crippen molar-refractivity contribution >= 4 is 37.0 Å². The molecule has 0 aliphatic heterocycles. The summed E-state index contributed by atoms with van der Waals surface area (Å²) in [5.41, 5.74) is 0.809. The minimum absolute atomic E-state index is 0.0173. The second-order valence-electron chi connectivity index (χ2n) is 3.60. The Labute approximate surface area is 119 Å². The van der Waals surface area contributed by atoms with E-state index in [9.17, 15) is 13.2 Å². The van der Waals surface area contributed by atoms with Crippen LogP contribution in [-0.2, 0) is 13.8 Å². The van der Waals surface area contributed by atoms with Crippen molar-refractivity contribution in [3.8, 4) is 10.4 Å². The molecular weight excluding hydrogens is 308 g/mol. The quantitative estimate of drug-likeness (QED) is 0.645. The fraction of sp³-hybridized carbons (Fsp3) is 0.0833. The van der Waals surface area contributed by atoms with Crippen LogP contribution in [0.3, 0.4) is 0 Å². The third-order valence-corrected chi connectivity index (χ3v) is 5.03. The Morgan fingerprint density at radius 2 is 1.89 bits per heavy atom. The lowest BCUT2D eigenvalue weighted by molar-refractivity contribution is 0.0602. The van der Waals surface area contributed by atoms with Gasteiger partial charge in [0.05, 0.1) is 7.11 Å². The zero-order chi connectivity index (χ0) is 14.0. The molecule has 0 saturated heterocycles. The highest BCUT2D eigenvalue weighted by molar-refractivity contribution is 8.13. The number of benzene rings is 1. The van der Waals surface area contributed by atoms with Crippen molar-refractivity contribution < 1.29 is 17.9 Å². The van der Waals surface area contributed by atoms with Gasteiger partial charge >= 0.3 is 5.97 Å². The molecule has 19 heavy (non-hydrogen) atoms. The van der Waals surface area contributed by atoms with Gasteiger partial charge < -0.3 is 4.74 Å². The standard InChI is InChI=1S/C12H9ClO4S2/c1-17-12(14)11-10(19(13,15)16)7-9(18-11)8-5-3-2-4-6-8/h2-7H,1H3. The van der Waals surface area contributed by atoms with E-state index in [2.05, 4.69) is 4.74 Å². The molecule has 2 aromatic rings. The van der Waals surface area contributed by atoms with E-state index < -0.39 is 15.0 Å². The van der Waals surface area contributed by atoms with Crippen LogP contribution in [-0.4, -0.2) is 21.5 Å². The minimum atomic E-state index is -3.99. The molecule has 0 amide bonds. The van der Waals surface area contributed by atoms with Gasteiger partial charge in [0, 0.05) is 15.6 Å². The van der Waals surface area contributed by atoms with Crippen molar-refractivity contribution in [2.45, 2.75) is 4.90 Å². The van der Waals surface area contributed by atoms with E-state index >= 15 is 0 Å². The van der Waals surface area contributed by atoms with Crippen molar-refractivity contribution in [1.29, 1.82) is 0 Å². The summed E-state index contributed by atoms with van der Waals surface area (Å²) < 4.78 is 27.5. The summed E-state index contributed by atoms with van der Waals surface area (Å²) in [7, 11) is 2.53. The van der Waals surface area contributed by atoms with Gasteiger partial charge in [0.1, 0.15) is 9.77 Å². The van der Waals surface area contributed by atoms with Crippen LogP contribution in [0, 0.1) is 0 Å². The van der Waals surface area contributed by atoms with Gasteiger partial charge in [0.2, 0.25) is 0 Å². The lowest BCUT2D eigenvalue weighted by atomic mass is 10.2. The molecule has 1 aromatic heterocycles. The van der Waals surface area contributed by atoms with E-state index in [0.29, 0.717) is 4.88 Å². The van der Waals surface area contributed by atoms with E-state index in [4.69, 9.17) is 10.7 Å². The normalized spacial score (nSPS) is 11.3. The number of hydrogen-bond acceptors (Lipinski definition) is 5. The maximum absolute atomic E-state index is 11.6. The maximum Gasteiger partial charge on any atom is 0.349 e. The van der Waals surface area contributed by atoms with Gasteiger partial charge in [0.15, 0.2) is 0 Å². The highest BCUT2D eigenvalue weighted by Gasteiger charge is 2.25. The molecular formula is C12H9ClO4S2. The molecule has 1 aromatic carbocycles. The summed E-state index contributed by atoms with van der Waals surface area (Å²) in [6, 6.07) is 10.5. The Morgan fingerprint density at radius 3 is 2.42 bits per heavy atom. The Bertz CT molecular complexity index is 705. The first kappa shape index (κ1) is 14.0. The lowest BCUT2D eigenvalue weighted by Gasteiger charge is -1.97. The first-order chi connectivity index (χ1) is 8.93. The molecule has 0 atom stereocenters. The molecule has 0 saturated carbocycles. The van der Waals surface area contributed by atoms with Crippen molar-refractivity contribution in [1.82, 2.24) is 0 Å². The van der Waals surface area contributed by atoms with Crippen LogP contribution in [0.4, 0.5) is 0 Å². The molecule has 0 aliphatic carbocycles. The second-order valence-corrected chi connectivity index (χ2v) is 7.19. The van der Waals surface area contributed by atoms with Crippen LogP contribution >= 0.6 is 22.0 Å². The summed E-state index contributed by atoms with van der Waals surface area (Å²) in [6.45, 7) is 0. The average molecular weight is 317 g/mol. The molecule has 4 nitrogen and oxygen atoms in total. The second kappa shape index (κ2) is 5.32. The van der Waals surface area contributed by atoms with E-state index in [1.807, 2.05) is 30.3 Å². The zero-order valence-electron chi connectivity index (χ0n) is 9.79. The summed E-state index contributed by atoms with van der Waals surface area (Å²) in [5, 5.41) is 0. The van der Waals surface area contributed by atoms with Gasteiger partial charge in [-0.1, -0.05) is 30.3 Å². The van der Waals surface area contributed by atoms with E-state index in [-0.39, 0.29) is 9.77 Å². The van der Waals surface area contributed by atoms with Crippen molar-refractivity contribution in [2.24, 2.45) is 0 Å². The maximum atomic E-state index is 11.6. The van der Waals surface area contributed by atoms with Crippen LogP contribution < -0.4 is 0 Å². The largest absolute Gasteiger partial charge is 0.465 e. The number of ether oxygens (including phenoxy) is 1. The smallest absolute Gasteiger partial charge is 0.349 e. The number of rotatable bonds is 3. The molecule has 0 aliphatic rings. The van der Waals surface area contributed by atoms with Gasteiger partial charge in [-0.3, -0.25) is 0 Å². The molecule has 1 heterocycles. The van der Waals surface area contributed by atoms with Gasteiger partial charge in [-0.05, 0) is 11.6 Å². The Kier molecular flexibility index (Phi) is 3.93. The molecule has 7 heteroatoms. The first-order valence-electron chi connectivity index (χ1n) is 5.15. The van der Waals surface area contributed by atoms with Crippen LogP contribution in [0.25, 0.3) is 10.4 Å². The van der Waals surface area contributed by atoms with Gasteiger partial charge in [0.25, 0.3) is 9.05 Å². The molecule has 0 unspecified atom stereocenters. The van der Waals surface area contributed by atoms with Crippen LogP contribution in [0.15, 0.2) is 41.3 Å². The summed E-state index contributed by atoms with van der Waals surface area (Å²) in [4.78, 5) is 12.0. The Balaban J connectivity index is 2.62. The number of thiophene rings is 1. The number of hydrogen-bond donors (Lipinski definition) is 0. The fourth-order valence-electron chi connectivity index (χ4n) is 1.54. The molecule has 0 radical (unpaired) electrons. The molecule has 0 N–H and O–H groups in total.